The SMILES string of the molecule is Cc1nc2ccc(NC(=O)c3cc(Cl)c[nH]3)cc2s1. The van der Waals surface area contributed by atoms with Crippen LogP contribution in [-0.4, -0.2) is 15.9 Å². The van der Waals surface area contributed by atoms with Crippen LogP contribution >= 0.6 is 22.9 Å². The molecule has 0 bridgehead atoms. The number of thiazole rings is 1. The summed E-state index contributed by atoms with van der Waals surface area (Å²) in [6, 6.07) is 7.24. The van der Waals surface area contributed by atoms with E-state index in [1.165, 1.54) is 0 Å². The molecule has 1 aromatic carbocycles. The first-order chi connectivity index (χ1) is 9.11. The number of fused-ring (bicyclic) bond motifs is 1. The Morgan fingerprint density at radius 3 is 3.00 bits per heavy atom. The Morgan fingerprint density at radius 2 is 2.26 bits per heavy atom. The maximum absolute atomic E-state index is 12.0. The number of hydrogen-bond donors (Lipinski definition) is 2. The Bertz CT molecular complexity index is 762. The number of hydrogen-bond acceptors (Lipinski definition) is 3. The molecule has 0 saturated carbocycles. The molecule has 0 spiro atoms. The molecule has 0 fully saturated rings. The third kappa shape index (κ3) is 2.47. The van der Waals surface area contributed by atoms with Gasteiger partial charge in [0.2, 0.25) is 0 Å². The van der Waals surface area contributed by atoms with Crippen LogP contribution in [0.25, 0.3) is 10.2 Å². The summed E-state index contributed by atoms with van der Waals surface area (Å²) in [5, 5.41) is 4.34. The van der Waals surface area contributed by atoms with Crippen LogP contribution in [0.15, 0.2) is 30.5 Å². The van der Waals surface area contributed by atoms with Gasteiger partial charge >= 0.3 is 0 Å². The quantitative estimate of drug-likeness (QED) is 0.754. The molecule has 3 aromatic rings. The monoisotopic (exact) mass is 291 g/mol. The smallest absolute Gasteiger partial charge is 0.272 e. The number of nitrogens with one attached hydrogen (secondary N) is 2. The Hall–Kier alpha value is -1.85. The van der Waals surface area contributed by atoms with Crippen LogP contribution in [0.5, 0.6) is 0 Å². The summed E-state index contributed by atoms with van der Waals surface area (Å²) >= 11 is 7.37. The maximum atomic E-state index is 12.0. The number of halogens is 1. The molecular weight excluding hydrogens is 282 g/mol. The Morgan fingerprint density at radius 1 is 1.42 bits per heavy atom. The lowest BCUT2D eigenvalue weighted by atomic mass is 10.3. The fraction of sp³-hybridized carbons (Fsp3) is 0.0769. The minimum absolute atomic E-state index is 0.215. The van der Waals surface area contributed by atoms with E-state index in [2.05, 4.69) is 15.3 Å². The highest BCUT2D eigenvalue weighted by Crippen LogP contribution is 2.25. The molecule has 0 radical (unpaired) electrons. The van der Waals surface area contributed by atoms with Crippen molar-refractivity contribution in [3.63, 3.8) is 0 Å². The fourth-order valence-corrected chi connectivity index (χ4v) is 2.85. The van der Waals surface area contributed by atoms with Crippen molar-refractivity contribution in [2.45, 2.75) is 6.92 Å². The lowest BCUT2D eigenvalue weighted by Crippen LogP contribution is -2.11. The van der Waals surface area contributed by atoms with E-state index >= 15 is 0 Å². The van der Waals surface area contributed by atoms with Crippen LogP contribution < -0.4 is 5.32 Å². The summed E-state index contributed by atoms with van der Waals surface area (Å²) in [4.78, 5) is 19.1. The van der Waals surface area contributed by atoms with E-state index in [1.54, 1.807) is 23.6 Å². The van der Waals surface area contributed by atoms with Crippen LogP contribution in [0.2, 0.25) is 5.02 Å². The number of aryl methyl sites for hydroxylation is 1. The Labute approximate surface area is 118 Å². The van der Waals surface area contributed by atoms with Crippen molar-refractivity contribution in [2.75, 3.05) is 5.32 Å². The molecule has 0 aliphatic rings. The van der Waals surface area contributed by atoms with E-state index in [9.17, 15) is 4.79 Å². The standard InChI is InChI=1S/C13H10ClN3OS/c1-7-16-10-3-2-9(5-12(10)19-7)17-13(18)11-4-8(14)6-15-11/h2-6,15H,1H3,(H,17,18). The summed E-state index contributed by atoms with van der Waals surface area (Å²) in [6.45, 7) is 1.96. The number of nitrogens with zero attached hydrogens (tertiary/aromatic N) is 1. The van der Waals surface area contributed by atoms with E-state index in [1.807, 2.05) is 25.1 Å². The topological polar surface area (TPSA) is 57.8 Å². The molecule has 19 heavy (non-hydrogen) atoms. The zero-order valence-electron chi connectivity index (χ0n) is 10.0. The highest BCUT2D eigenvalue weighted by Gasteiger charge is 2.09. The first-order valence-corrected chi connectivity index (χ1v) is 6.84. The molecule has 6 heteroatoms. The van der Waals surface area contributed by atoms with E-state index in [0.29, 0.717) is 10.7 Å². The van der Waals surface area contributed by atoms with Crippen LogP contribution in [0.4, 0.5) is 5.69 Å². The van der Waals surface area contributed by atoms with Gasteiger partial charge in [-0.15, -0.1) is 11.3 Å². The second kappa shape index (κ2) is 4.68. The molecule has 2 heterocycles. The second-order valence-electron chi connectivity index (χ2n) is 4.10. The third-order valence-electron chi connectivity index (χ3n) is 2.65. The number of benzene rings is 1. The van der Waals surface area contributed by atoms with Gasteiger partial charge in [0.1, 0.15) is 5.69 Å². The van der Waals surface area contributed by atoms with Gasteiger partial charge in [-0.05, 0) is 31.2 Å². The lowest BCUT2D eigenvalue weighted by molar-refractivity contribution is 0.102. The summed E-state index contributed by atoms with van der Waals surface area (Å²) in [6.07, 6.45) is 1.58. The molecule has 96 valence electrons. The van der Waals surface area contributed by atoms with Gasteiger partial charge < -0.3 is 10.3 Å². The maximum Gasteiger partial charge on any atom is 0.272 e. The average Bonchev–Trinajstić information content (AvgIpc) is 2.93. The summed E-state index contributed by atoms with van der Waals surface area (Å²) in [5.74, 6) is -0.215. The first kappa shape index (κ1) is 12.2. The number of amides is 1. The van der Waals surface area contributed by atoms with Crippen LogP contribution in [0.3, 0.4) is 0 Å². The number of rotatable bonds is 2. The number of carbonyl (C=O) groups excluding carboxylic acids is 1. The predicted octanol–water partition coefficient (Wildman–Crippen LogP) is 3.84. The van der Waals surface area contributed by atoms with Gasteiger partial charge in [-0.2, -0.15) is 0 Å². The Balaban J connectivity index is 1.86. The minimum atomic E-state index is -0.215. The highest BCUT2D eigenvalue weighted by molar-refractivity contribution is 7.18. The van der Waals surface area contributed by atoms with Crippen molar-refractivity contribution >= 4 is 44.7 Å². The number of aromatic nitrogens is 2. The van der Waals surface area contributed by atoms with Gasteiger partial charge in [0.25, 0.3) is 5.91 Å². The third-order valence-corrected chi connectivity index (χ3v) is 3.80. The molecule has 0 aliphatic heterocycles. The van der Waals surface area contributed by atoms with Crippen molar-refractivity contribution < 1.29 is 4.79 Å². The summed E-state index contributed by atoms with van der Waals surface area (Å²) in [7, 11) is 0. The van der Waals surface area contributed by atoms with Crippen molar-refractivity contribution in [1.82, 2.24) is 9.97 Å². The zero-order chi connectivity index (χ0) is 13.4. The molecule has 1 amide bonds. The molecule has 2 N–H and O–H groups in total. The van der Waals surface area contributed by atoms with Gasteiger partial charge in [-0.25, -0.2) is 4.98 Å². The number of H-pyrrole nitrogens is 1. The minimum Gasteiger partial charge on any atom is -0.356 e. The van der Waals surface area contributed by atoms with Crippen molar-refractivity contribution in [3.8, 4) is 0 Å². The van der Waals surface area contributed by atoms with Gasteiger partial charge in [0.05, 0.1) is 20.2 Å². The van der Waals surface area contributed by atoms with Gasteiger partial charge in [0.15, 0.2) is 0 Å². The molecule has 2 aromatic heterocycles. The molecule has 0 saturated heterocycles. The fourth-order valence-electron chi connectivity index (χ4n) is 1.82. The second-order valence-corrected chi connectivity index (χ2v) is 5.77. The molecule has 0 aliphatic carbocycles. The first-order valence-electron chi connectivity index (χ1n) is 5.64. The van der Waals surface area contributed by atoms with Crippen LogP contribution in [0.1, 0.15) is 15.5 Å². The lowest BCUT2D eigenvalue weighted by Gasteiger charge is -2.03. The van der Waals surface area contributed by atoms with E-state index in [4.69, 9.17) is 11.6 Å². The van der Waals surface area contributed by atoms with E-state index in [-0.39, 0.29) is 5.91 Å². The molecule has 0 atom stereocenters. The molecule has 3 rings (SSSR count). The highest BCUT2D eigenvalue weighted by atomic mass is 35.5. The van der Waals surface area contributed by atoms with E-state index < -0.39 is 0 Å². The average molecular weight is 292 g/mol. The van der Waals surface area contributed by atoms with Gasteiger partial charge in [-0.1, -0.05) is 11.6 Å². The number of carbonyl (C=O) groups is 1. The number of aromatic amines is 1. The van der Waals surface area contributed by atoms with Crippen molar-refractivity contribution in [1.29, 1.82) is 0 Å². The molecule has 0 unspecified atom stereocenters. The van der Waals surface area contributed by atoms with E-state index in [0.717, 1.165) is 20.9 Å². The zero-order valence-corrected chi connectivity index (χ0v) is 11.6. The summed E-state index contributed by atoms with van der Waals surface area (Å²) < 4.78 is 1.06. The Kier molecular flexibility index (Phi) is 3.00. The largest absolute Gasteiger partial charge is 0.356 e. The van der Waals surface area contributed by atoms with Gasteiger partial charge in [-0.3, -0.25) is 4.79 Å². The van der Waals surface area contributed by atoms with Crippen LogP contribution in [0, 0.1) is 6.92 Å². The molecule has 4 nitrogen and oxygen atoms in total. The normalized spacial score (nSPS) is 10.8. The van der Waals surface area contributed by atoms with Crippen molar-refractivity contribution in [2.24, 2.45) is 0 Å². The number of anilines is 1. The van der Waals surface area contributed by atoms with Crippen molar-refractivity contribution in [3.05, 3.63) is 46.2 Å². The molecular formula is C13H10ClN3OS. The predicted molar refractivity (Wildman–Crippen MR) is 78.1 cm³/mol. The van der Waals surface area contributed by atoms with Gasteiger partial charge in [0, 0.05) is 11.9 Å². The van der Waals surface area contributed by atoms with Crippen LogP contribution in [-0.2, 0) is 0 Å². The summed E-state index contributed by atoms with van der Waals surface area (Å²) in [5.41, 5.74) is 2.13.